The summed E-state index contributed by atoms with van der Waals surface area (Å²) >= 11 is 6.19. The van der Waals surface area contributed by atoms with Crippen molar-refractivity contribution in [1.82, 2.24) is 10.2 Å². The number of aliphatic imine (C=N–C) groups is 1. The number of carbonyl (C=O) groups excluding carboxylic acids is 1. The zero-order chi connectivity index (χ0) is 23.0. The SMILES string of the molecule is CC1=N/C(=C2\CN(C(=O)c3ccc(F)cc3OC3CCC(O)CC3)CC2=N)NC(C)=C1Cl. The maximum atomic E-state index is 14.0. The Morgan fingerprint density at radius 1 is 1.28 bits per heavy atom. The Morgan fingerprint density at radius 3 is 2.69 bits per heavy atom. The van der Waals surface area contributed by atoms with Crippen LogP contribution in [0.4, 0.5) is 4.39 Å². The Labute approximate surface area is 191 Å². The van der Waals surface area contributed by atoms with Gasteiger partial charge in [-0.25, -0.2) is 9.38 Å². The highest BCUT2D eigenvalue weighted by molar-refractivity contribution is 6.43. The van der Waals surface area contributed by atoms with Crippen molar-refractivity contribution in [2.75, 3.05) is 13.1 Å². The minimum absolute atomic E-state index is 0.122. The van der Waals surface area contributed by atoms with Gasteiger partial charge < -0.3 is 25.5 Å². The first-order chi connectivity index (χ1) is 15.2. The fourth-order valence-electron chi connectivity index (χ4n) is 4.16. The highest BCUT2D eigenvalue weighted by Gasteiger charge is 2.32. The van der Waals surface area contributed by atoms with Crippen LogP contribution in [0.3, 0.4) is 0 Å². The molecule has 9 heteroatoms. The second kappa shape index (κ2) is 9.03. The first kappa shape index (κ1) is 22.5. The van der Waals surface area contributed by atoms with E-state index in [9.17, 15) is 14.3 Å². The lowest BCUT2D eigenvalue weighted by molar-refractivity contribution is 0.0640. The van der Waals surface area contributed by atoms with Crippen LogP contribution in [0.5, 0.6) is 5.75 Å². The standard InChI is InChI=1S/C23H26ClFN4O3/c1-12-21(24)13(2)28-22(27-12)18-10-29(11-19(18)26)23(31)17-8-3-14(25)9-20(17)32-16-6-4-15(30)5-7-16/h3,8-9,15-16,26-27,30H,4-7,10-11H2,1-2H3/b22-18+,26-19?. The molecule has 32 heavy (non-hydrogen) atoms. The van der Waals surface area contributed by atoms with Crippen molar-refractivity contribution in [2.24, 2.45) is 4.99 Å². The molecule has 0 atom stereocenters. The van der Waals surface area contributed by atoms with E-state index in [0.29, 0.717) is 47.8 Å². The Balaban J connectivity index is 1.55. The second-order valence-corrected chi connectivity index (χ2v) is 8.79. The van der Waals surface area contributed by atoms with Crippen LogP contribution in [0, 0.1) is 11.2 Å². The van der Waals surface area contributed by atoms with Crippen molar-refractivity contribution in [1.29, 1.82) is 5.41 Å². The van der Waals surface area contributed by atoms with Crippen LogP contribution in [0.1, 0.15) is 49.9 Å². The average molecular weight is 461 g/mol. The number of halogens is 2. The predicted octanol–water partition coefficient (Wildman–Crippen LogP) is 3.73. The van der Waals surface area contributed by atoms with Gasteiger partial charge in [0.2, 0.25) is 0 Å². The number of nitrogens with zero attached hydrogens (tertiary/aromatic N) is 2. The number of benzene rings is 1. The first-order valence-electron chi connectivity index (χ1n) is 10.7. The topological polar surface area (TPSA) is 98.0 Å². The van der Waals surface area contributed by atoms with E-state index in [1.807, 2.05) is 6.92 Å². The number of likely N-dealkylation sites (tertiary alicyclic amines) is 1. The summed E-state index contributed by atoms with van der Waals surface area (Å²) in [6.45, 7) is 3.95. The van der Waals surface area contributed by atoms with E-state index in [-0.39, 0.29) is 48.2 Å². The smallest absolute Gasteiger partial charge is 0.258 e. The molecule has 0 aromatic heterocycles. The number of ether oxygens (including phenoxy) is 1. The lowest BCUT2D eigenvalue weighted by Gasteiger charge is -2.27. The van der Waals surface area contributed by atoms with Crippen molar-refractivity contribution in [3.05, 3.63) is 51.7 Å². The van der Waals surface area contributed by atoms with Crippen molar-refractivity contribution in [3.8, 4) is 5.75 Å². The molecule has 1 amide bonds. The highest BCUT2D eigenvalue weighted by Crippen LogP contribution is 2.30. The third-order valence-corrected chi connectivity index (χ3v) is 6.54. The number of carbonyl (C=O) groups is 1. The summed E-state index contributed by atoms with van der Waals surface area (Å²) < 4.78 is 19.9. The molecule has 3 N–H and O–H groups in total. The normalized spacial score (nSPS) is 26.2. The minimum atomic E-state index is -0.486. The molecule has 3 aliphatic rings. The number of amides is 1. The van der Waals surface area contributed by atoms with Gasteiger partial charge in [0.05, 0.1) is 47.3 Å². The number of aliphatic hydroxyl groups excluding tert-OH is 1. The molecule has 1 saturated carbocycles. The van der Waals surface area contributed by atoms with Crippen LogP contribution in [0.2, 0.25) is 0 Å². The van der Waals surface area contributed by atoms with Gasteiger partial charge in [-0.1, -0.05) is 11.6 Å². The average Bonchev–Trinajstić information content (AvgIpc) is 3.14. The molecule has 2 aliphatic heterocycles. The molecule has 170 valence electrons. The molecular weight excluding hydrogens is 435 g/mol. The van der Waals surface area contributed by atoms with E-state index in [4.69, 9.17) is 21.7 Å². The first-order valence-corrected chi connectivity index (χ1v) is 11.0. The molecule has 4 rings (SSSR count). The zero-order valence-electron chi connectivity index (χ0n) is 18.0. The Morgan fingerprint density at radius 2 is 2.00 bits per heavy atom. The van der Waals surface area contributed by atoms with Gasteiger partial charge in [-0.05, 0) is 51.7 Å². The molecule has 2 fully saturated rings. The van der Waals surface area contributed by atoms with Crippen LogP contribution in [0.25, 0.3) is 0 Å². The summed E-state index contributed by atoms with van der Waals surface area (Å²) in [7, 11) is 0. The van der Waals surface area contributed by atoms with E-state index in [1.54, 1.807) is 6.92 Å². The molecule has 0 spiro atoms. The molecular formula is C23H26ClFN4O3. The quantitative estimate of drug-likeness (QED) is 0.640. The summed E-state index contributed by atoms with van der Waals surface area (Å²) in [6.07, 6.45) is 2.02. The van der Waals surface area contributed by atoms with Crippen molar-refractivity contribution < 1.29 is 19.0 Å². The molecule has 1 aromatic rings. The van der Waals surface area contributed by atoms with Gasteiger partial charge in [0.25, 0.3) is 5.91 Å². The number of rotatable bonds is 3. The van der Waals surface area contributed by atoms with Crippen LogP contribution in [-0.2, 0) is 0 Å². The van der Waals surface area contributed by atoms with Gasteiger partial charge in [0.1, 0.15) is 17.4 Å². The van der Waals surface area contributed by atoms with Crippen molar-refractivity contribution >= 4 is 28.9 Å². The molecule has 0 radical (unpaired) electrons. The van der Waals surface area contributed by atoms with Gasteiger partial charge in [-0.15, -0.1) is 0 Å². The molecule has 0 bridgehead atoms. The Bertz CT molecular complexity index is 1060. The van der Waals surface area contributed by atoms with E-state index >= 15 is 0 Å². The van der Waals surface area contributed by atoms with Crippen LogP contribution in [0.15, 0.2) is 45.3 Å². The number of aliphatic hydroxyl groups is 1. The van der Waals surface area contributed by atoms with E-state index in [0.717, 1.165) is 5.70 Å². The van der Waals surface area contributed by atoms with Gasteiger partial charge in [-0.3, -0.25) is 4.79 Å². The molecule has 2 heterocycles. The van der Waals surface area contributed by atoms with Crippen LogP contribution >= 0.6 is 11.6 Å². The Hall–Kier alpha value is -2.71. The van der Waals surface area contributed by atoms with Crippen LogP contribution < -0.4 is 10.1 Å². The monoisotopic (exact) mass is 460 g/mol. The van der Waals surface area contributed by atoms with E-state index in [1.165, 1.54) is 23.1 Å². The lowest BCUT2D eigenvalue weighted by atomic mass is 9.95. The van der Waals surface area contributed by atoms with Gasteiger partial charge >= 0.3 is 0 Å². The van der Waals surface area contributed by atoms with E-state index < -0.39 is 5.82 Å². The number of hydrogen-bond acceptors (Lipinski definition) is 6. The van der Waals surface area contributed by atoms with Crippen molar-refractivity contribution in [2.45, 2.75) is 51.7 Å². The zero-order valence-corrected chi connectivity index (χ0v) is 18.8. The van der Waals surface area contributed by atoms with Gasteiger partial charge in [0, 0.05) is 17.3 Å². The van der Waals surface area contributed by atoms with Crippen molar-refractivity contribution in [3.63, 3.8) is 0 Å². The summed E-state index contributed by atoms with van der Waals surface area (Å²) in [4.78, 5) is 19.3. The minimum Gasteiger partial charge on any atom is -0.489 e. The Kier molecular flexibility index (Phi) is 6.35. The van der Waals surface area contributed by atoms with E-state index in [2.05, 4.69) is 10.3 Å². The molecule has 1 aromatic carbocycles. The number of hydrogen-bond donors (Lipinski definition) is 3. The predicted molar refractivity (Wildman–Crippen MR) is 121 cm³/mol. The molecule has 1 saturated heterocycles. The molecule has 1 aliphatic carbocycles. The largest absolute Gasteiger partial charge is 0.489 e. The van der Waals surface area contributed by atoms with Gasteiger partial charge in [-0.2, -0.15) is 0 Å². The number of allylic oxidation sites excluding steroid dienone is 2. The molecule has 0 unspecified atom stereocenters. The third kappa shape index (κ3) is 4.56. The fourth-order valence-corrected chi connectivity index (χ4v) is 4.25. The summed E-state index contributed by atoms with van der Waals surface area (Å²) in [5.41, 5.74) is 2.55. The maximum Gasteiger partial charge on any atom is 0.258 e. The second-order valence-electron chi connectivity index (χ2n) is 8.42. The maximum absolute atomic E-state index is 14.0. The van der Waals surface area contributed by atoms with Crippen LogP contribution in [-0.4, -0.2) is 52.6 Å². The summed E-state index contributed by atoms with van der Waals surface area (Å²) in [6, 6.07) is 3.89. The third-order valence-electron chi connectivity index (χ3n) is 5.98. The fraction of sp³-hybridized carbons (Fsp3) is 0.435. The summed E-state index contributed by atoms with van der Waals surface area (Å²) in [5.74, 6) is -0.113. The highest BCUT2D eigenvalue weighted by atomic mass is 35.5. The number of nitrogens with one attached hydrogen (secondary N) is 2. The van der Waals surface area contributed by atoms with Gasteiger partial charge in [0.15, 0.2) is 0 Å². The lowest BCUT2D eigenvalue weighted by Crippen LogP contribution is -2.31. The summed E-state index contributed by atoms with van der Waals surface area (Å²) in [5, 5.41) is 21.7. The molecule has 7 nitrogen and oxygen atoms in total.